The fraction of sp³-hybridized carbons (Fsp3) is 0. The van der Waals surface area contributed by atoms with Crippen LogP contribution in [0.2, 0.25) is 0 Å². The number of hydrogen-bond donors (Lipinski definition) is 1. The molecule has 1 heterocycles. The lowest BCUT2D eigenvalue weighted by molar-refractivity contribution is 0.628. The van der Waals surface area contributed by atoms with Gasteiger partial charge in [0, 0.05) is 19.2 Å². The number of nitrogens with one attached hydrogen (secondary N) is 1. The van der Waals surface area contributed by atoms with E-state index in [1.54, 1.807) is 0 Å². The van der Waals surface area contributed by atoms with Crippen molar-refractivity contribution in [3.63, 3.8) is 0 Å². The van der Waals surface area contributed by atoms with Crippen LogP contribution < -0.4 is 5.32 Å². The third kappa shape index (κ3) is 1.67. The van der Waals surface area contributed by atoms with Gasteiger partial charge < -0.3 is 5.32 Å². The standard InChI is InChI=1S/C12H9NO2S2/c14-17(15)16-11-7-3-1-5-9(11)13-10-6-2-4-8-12(10)16/h1-8,13H. The van der Waals surface area contributed by atoms with Gasteiger partial charge in [0.2, 0.25) is 9.26 Å². The Hall–Kier alpha value is -1.59. The number of para-hydroxylation sites is 2. The molecule has 0 atom stereocenters. The molecular weight excluding hydrogens is 254 g/mol. The predicted molar refractivity (Wildman–Crippen MR) is 69.0 cm³/mol. The molecule has 0 saturated heterocycles. The molecule has 17 heavy (non-hydrogen) atoms. The maximum atomic E-state index is 11.5. The van der Waals surface area contributed by atoms with Gasteiger partial charge in [0.1, 0.15) is 0 Å². The van der Waals surface area contributed by atoms with E-state index in [1.165, 1.54) is 0 Å². The molecule has 0 saturated carbocycles. The number of anilines is 2. The van der Waals surface area contributed by atoms with E-state index in [4.69, 9.17) is 0 Å². The highest BCUT2D eigenvalue weighted by Gasteiger charge is 2.20. The van der Waals surface area contributed by atoms with Crippen LogP contribution in [0.3, 0.4) is 0 Å². The van der Waals surface area contributed by atoms with Crippen molar-refractivity contribution in [2.24, 2.45) is 0 Å². The van der Waals surface area contributed by atoms with Gasteiger partial charge in [-0.1, -0.05) is 24.3 Å². The Morgan fingerprint density at radius 3 is 1.76 bits per heavy atom. The summed E-state index contributed by atoms with van der Waals surface area (Å²) in [6.07, 6.45) is 0. The highest BCUT2D eigenvalue weighted by Crippen LogP contribution is 2.36. The second-order valence-corrected chi connectivity index (χ2v) is 7.23. The molecule has 2 aromatic carbocycles. The molecule has 1 N–H and O–H groups in total. The van der Waals surface area contributed by atoms with Crippen molar-refractivity contribution in [1.29, 1.82) is 0 Å². The zero-order valence-electron chi connectivity index (χ0n) is 8.75. The number of rotatable bonds is 0. The van der Waals surface area contributed by atoms with Gasteiger partial charge >= 0.3 is 0 Å². The molecule has 0 amide bonds. The highest BCUT2D eigenvalue weighted by atomic mass is 32.9. The molecule has 0 aromatic heterocycles. The van der Waals surface area contributed by atoms with Gasteiger partial charge in [0.05, 0.1) is 11.4 Å². The van der Waals surface area contributed by atoms with Crippen LogP contribution in [0.4, 0.5) is 11.4 Å². The van der Waals surface area contributed by atoms with Crippen LogP contribution in [0.15, 0.2) is 58.3 Å². The SMILES string of the molecule is O=S(=O)=S1c2ccccc2Nc2ccccc21. The van der Waals surface area contributed by atoms with E-state index in [1.807, 2.05) is 48.5 Å². The monoisotopic (exact) mass is 263 g/mol. The molecule has 0 radical (unpaired) electrons. The maximum absolute atomic E-state index is 11.5. The van der Waals surface area contributed by atoms with Crippen molar-refractivity contribution >= 4 is 30.1 Å². The fourth-order valence-corrected chi connectivity index (χ4v) is 5.20. The van der Waals surface area contributed by atoms with Crippen LogP contribution in [0, 0.1) is 0 Å². The minimum absolute atomic E-state index is 0.833. The summed E-state index contributed by atoms with van der Waals surface area (Å²) >= 11 is 0. The zero-order valence-corrected chi connectivity index (χ0v) is 10.4. The predicted octanol–water partition coefficient (Wildman–Crippen LogP) is 2.57. The summed E-state index contributed by atoms with van der Waals surface area (Å²) in [5.74, 6) is 0. The second-order valence-electron chi connectivity index (χ2n) is 3.59. The Bertz CT molecular complexity index is 680. The van der Waals surface area contributed by atoms with E-state index in [9.17, 15) is 8.42 Å². The summed E-state index contributed by atoms with van der Waals surface area (Å²) in [5.41, 5.74) is 1.75. The number of hydrogen-bond acceptors (Lipinski definition) is 3. The van der Waals surface area contributed by atoms with Crippen molar-refractivity contribution in [3.05, 3.63) is 48.5 Å². The van der Waals surface area contributed by atoms with E-state index < -0.39 is 18.7 Å². The van der Waals surface area contributed by atoms with Crippen molar-refractivity contribution in [3.8, 4) is 0 Å². The quantitative estimate of drug-likeness (QED) is 0.678. The number of fused-ring (bicyclic) bond motifs is 2. The number of benzene rings is 2. The Morgan fingerprint density at radius 1 is 0.824 bits per heavy atom. The summed E-state index contributed by atoms with van der Waals surface area (Å²) in [6.45, 7) is 0. The average Bonchev–Trinajstić information content (AvgIpc) is 2.35. The van der Waals surface area contributed by atoms with E-state index in [0.29, 0.717) is 0 Å². The normalized spacial score (nSPS) is 13.4. The van der Waals surface area contributed by atoms with Gasteiger partial charge in [0.25, 0.3) is 0 Å². The van der Waals surface area contributed by atoms with Gasteiger partial charge in [-0.2, -0.15) is 8.42 Å². The molecule has 3 rings (SSSR count). The van der Waals surface area contributed by atoms with Gasteiger partial charge in [-0.05, 0) is 24.3 Å². The largest absolute Gasteiger partial charge is 0.354 e. The molecule has 1 aliphatic heterocycles. The van der Waals surface area contributed by atoms with E-state index in [-0.39, 0.29) is 0 Å². The Balaban J connectivity index is 2.41. The van der Waals surface area contributed by atoms with Gasteiger partial charge in [0.15, 0.2) is 0 Å². The lowest BCUT2D eigenvalue weighted by Crippen LogP contribution is -2.08. The lowest BCUT2D eigenvalue weighted by Gasteiger charge is -2.21. The molecule has 0 aliphatic carbocycles. The third-order valence-electron chi connectivity index (χ3n) is 2.58. The van der Waals surface area contributed by atoms with E-state index in [0.717, 1.165) is 21.2 Å². The molecule has 0 unspecified atom stereocenters. The van der Waals surface area contributed by atoms with Gasteiger partial charge in [-0.15, -0.1) is 0 Å². The first-order chi connectivity index (χ1) is 8.27. The lowest BCUT2D eigenvalue weighted by atomic mass is 10.2. The molecule has 1 aliphatic rings. The van der Waals surface area contributed by atoms with Crippen molar-refractivity contribution in [2.45, 2.75) is 9.79 Å². The van der Waals surface area contributed by atoms with Crippen molar-refractivity contribution in [2.75, 3.05) is 5.32 Å². The molecule has 5 heteroatoms. The molecular formula is C12H9NO2S2. The minimum Gasteiger partial charge on any atom is -0.354 e. The molecule has 2 aromatic rings. The molecule has 0 spiro atoms. The van der Waals surface area contributed by atoms with Crippen LogP contribution in [0.1, 0.15) is 0 Å². The Morgan fingerprint density at radius 2 is 1.29 bits per heavy atom. The van der Waals surface area contributed by atoms with Crippen molar-refractivity contribution in [1.82, 2.24) is 0 Å². The van der Waals surface area contributed by atoms with Crippen molar-refractivity contribution < 1.29 is 8.42 Å². The summed E-state index contributed by atoms with van der Waals surface area (Å²) in [4.78, 5) is 1.67. The summed E-state index contributed by atoms with van der Waals surface area (Å²) in [6, 6.07) is 15.0. The van der Waals surface area contributed by atoms with Gasteiger partial charge in [-0.3, -0.25) is 0 Å². The van der Waals surface area contributed by atoms with E-state index >= 15 is 0 Å². The first-order valence-electron chi connectivity index (χ1n) is 5.06. The zero-order chi connectivity index (χ0) is 11.8. The summed E-state index contributed by atoms with van der Waals surface area (Å²) in [7, 11) is -3.03. The average molecular weight is 263 g/mol. The highest BCUT2D eigenvalue weighted by molar-refractivity contribution is 8.34. The Kier molecular flexibility index (Phi) is 2.49. The topological polar surface area (TPSA) is 46.2 Å². The summed E-state index contributed by atoms with van der Waals surface area (Å²) < 4.78 is 22.9. The minimum atomic E-state index is -2.14. The van der Waals surface area contributed by atoms with Crippen LogP contribution >= 0.6 is 0 Å². The first-order valence-corrected chi connectivity index (χ1v) is 7.88. The van der Waals surface area contributed by atoms with Crippen LogP contribution in [0.25, 0.3) is 0 Å². The first kappa shape index (κ1) is 10.6. The molecule has 0 fully saturated rings. The fourth-order valence-electron chi connectivity index (χ4n) is 1.87. The molecule has 86 valence electrons. The maximum Gasteiger partial charge on any atom is 0.249 e. The molecule has 0 bridgehead atoms. The smallest absolute Gasteiger partial charge is 0.249 e. The third-order valence-corrected chi connectivity index (χ3v) is 6.26. The second kappa shape index (κ2) is 4.01. The van der Waals surface area contributed by atoms with Crippen LogP contribution in [0.5, 0.6) is 0 Å². The van der Waals surface area contributed by atoms with E-state index in [2.05, 4.69) is 5.32 Å². The molecule has 3 nitrogen and oxygen atoms in total. The Labute approximate surface area is 102 Å². The van der Waals surface area contributed by atoms with Crippen LogP contribution in [-0.4, -0.2) is 8.42 Å². The van der Waals surface area contributed by atoms with Gasteiger partial charge in [-0.25, -0.2) is 0 Å². The van der Waals surface area contributed by atoms with Crippen LogP contribution in [-0.2, 0) is 18.7 Å². The summed E-state index contributed by atoms with van der Waals surface area (Å²) in [5, 5.41) is 3.26.